The predicted octanol–water partition coefficient (Wildman–Crippen LogP) is 8.21. The first kappa shape index (κ1) is 20.9. The second-order valence-electron chi connectivity index (χ2n) is 8.73. The highest BCUT2D eigenvalue weighted by atomic mass is 14.9. The van der Waals surface area contributed by atoms with Gasteiger partial charge in [-0.05, 0) is 64.3 Å². The lowest BCUT2D eigenvalue weighted by molar-refractivity contribution is 0.372. The molecule has 0 spiro atoms. The summed E-state index contributed by atoms with van der Waals surface area (Å²) >= 11 is 0. The standard InChI is InChI=1S/C28H33N/c1-6-21(2)20-28(4,5)25-14-18-27(19-15-25)29-26-16-12-24(13-17-26)22(3)23-10-8-7-9-11-23/h7-19,21,29H,3,6,20H2,1-2,4-5H3. The molecule has 0 radical (unpaired) electrons. The lowest BCUT2D eigenvalue weighted by atomic mass is 9.77. The Morgan fingerprint density at radius 2 is 1.34 bits per heavy atom. The van der Waals surface area contributed by atoms with Gasteiger partial charge in [-0.3, -0.25) is 0 Å². The molecule has 150 valence electrons. The van der Waals surface area contributed by atoms with Crippen molar-refractivity contribution in [3.8, 4) is 0 Å². The van der Waals surface area contributed by atoms with E-state index in [1.807, 2.05) is 18.2 Å². The summed E-state index contributed by atoms with van der Waals surface area (Å²) in [4.78, 5) is 0. The minimum Gasteiger partial charge on any atom is -0.356 e. The van der Waals surface area contributed by atoms with E-state index in [2.05, 4.69) is 100 Å². The highest BCUT2D eigenvalue weighted by Crippen LogP contribution is 2.32. The van der Waals surface area contributed by atoms with Gasteiger partial charge in [-0.1, -0.05) is 95.3 Å². The van der Waals surface area contributed by atoms with Crippen LogP contribution in [0.1, 0.15) is 57.2 Å². The van der Waals surface area contributed by atoms with Crippen molar-refractivity contribution in [1.29, 1.82) is 0 Å². The fourth-order valence-electron chi connectivity index (χ4n) is 3.87. The zero-order chi connectivity index (χ0) is 20.9. The van der Waals surface area contributed by atoms with Gasteiger partial charge in [-0.25, -0.2) is 0 Å². The van der Waals surface area contributed by atoms with Crippen LogP contribution in [0.15, 0.2) is 85.4 Å². The van der Waals surface area contributed by atoms with E-state index in [9.17, 15) is 0 Å². The number of benzene rings is 3. The third kappa shape index (κ3) is 5.38. The highest BCUT2D eigenvalue weighted by Gasteiger charge is 2.22. The van der Waals surface area contributed by atoms with Crippen LogP contribution in [-0.2, 0) is 5.41 Å². The Kier molecular flexibility index (Phi) is 6.59. The van der Waals surface area contributed by atoms with E-state index in [-0.39, 0.29) is 5.41 Å². The molecule has 0 aromatic heterocycles. The Balaban J connectivity index is 1.67. The van der Waals surface area contributed by atoms with Gasteiger partial charge in [0.15, 0.2) is 0 Å². The first-order valence-electron chi connectivity index (χ1n) is 10.6. The molecule has 1 heteroatoms. The molecule has 0 aliphatic carbocycles. The molecule has 3 rings (SSSR count). The van der Waals surface area contributed by atoms with Crippen LogP contribution in [0.5, 0.6) is 0 Å². The molecular weight excluding hydrogens is 350 g/mol. The smallest absolute Gasteiger partial charge is 0.0384 e. The molecule has 0 fully saturated rings. The van der Waals surface area contributed by atoms with Gasteiger partial charge in [0, 0.05) is 11.4 Å². The lowest BCUT2D eigenvalue weighted by Gasteiger charge is -2.28. The van der Waals surface area contributed by atoms with Crippen molar-refractivity contribution < 1.29 is 0 Å². The maximum atomic E-state index is 4.25. The summed E-state index contributed by atoms with van der Waals surface area (Å²) in [5.41, 5.74) is 7.15. The van der Waals surface area contributed by atoms with Gasteiger partial charge in [0.05, 0.1) is 0 Å². The SMILES string of the molecule is C=C(c1ccccc1)c1ccc(Nc2ccc(C(C)(C)CC(C)CC)cc2)cc1. The minimum atomic E-state index is 0.202. The Morgan fingerprint density at radius 1 is 0.828 bits per heavy atom. The molecule has 1 atom stereocenters. The molecule has 0 saturated carbocycles. The molecule has 1 unspecified atom stereocenters. The maximum absolute atomic E-state index is 4.25. The van der Waals surface area contributed by atoms with Crippen molar-refractivity contribution in [2.24, 2.45) is 5.92 Å². The molecule has 0 aliphatic heterocycles. The largest absolute Gasteiger partial charge is 0.356 e. The fraction of sp³-hybridized carbons (Fsp3) is 0.286. The van der Waals surface area contributed by atoms with Gasteiger partial charge in [-0.15, -0.1) is 0 Å². The molecule has 3 aromatic carbocycles. The van der Waals surface area contributed by atoms with Crippen molar-refractivity contribution in [3.05, 3.63) is 102 Å². The first-order chi connectivity index (χ1) is 13.9. The minimum absolute atomic E-state index is 0.202. The summed E-state index contributed by atoms with van der Waals surface area (Å²) < 4.78 is 0. The Morgan fingerprint density at radius 3 is 1.90 bits per heavy atom. The molecule has 0 amide bonds. The van der Waals surface area contributed by atoms with E-state index in [4.69, 9.17) is 0 Å². The number of hydrogen-bond acceptors (Lipinski definition) is 1. The van der Waals surface area contributed by atoms with Crippen molar-refractivity contribution >= 4 is 16.9 Å². The number of rotatable bonds is 8. The van der Waals surface area contributed by atoms with Gasteiger partial charge in [0.25, 0.3) is 0 Å². The van der Waals surface area contributed by atoms with Crippen molar-refractivity contribution in [1.82, 2.24) is 0 Å². The van der Waals surface area contributed by atoms with Crippen molar-refractivity contribution in [2.45, 2.75) is 46.0 Å². The van der Waals surface area contributed by atoms with Crippen LogP contribution in [0.2, 0.25) is 0 Å². The molecule has 0 saturated heterocycles. The topological polar surface area (TPSA) is 12.0 Å². The number of anilines is 2. The van der Waals surface area contributed by atoms with E-state index in [0.717, 1.165) is 34.0 Å². The fourth-order valence-corrected chi connectivity index (χ4v) is 3.87. The summed E-state index contributed by atoms with van der Waals surface area (Å²) in [6.07, 6.45) is 2.44. The van der Waals surface area contributed by atoms with Gasteiger partial charge in [-0.2, -0.15) is 0 Å². The first-order valence-corrected chi connectivity index (χ1v) is 10.6. The van der Waals surface area contributed by atoms with Gasteiger partial charge in [0.1, 0.15) is 0 Å². The van der Waals surface area contributed by atoms with E-state index in [1.54, 1.807) is 0 Å². The molecule has 3 aromatic rings. The highest BCUT2D eigenvalue weighted by molar-refractivity contribution is 5.79. The van der Waals surface area contributed by atoms with E-state index in [1.165, 1.54) is 18.4 Å². The second kappa shape index (κ2) is 9.13. The van der Waals surface area contributed by atoms with Gasteiger partial charge < -0.3 is 5.32 Å². The third-order valence-corrected chi connectivity index (χ3v) is 5.87. The van der Waals surface area contributed by atoms with Gasteiger partial charge in [0.2, 0.25) is 0 Å². The summed E-state index contributed by atoms with van der Waals surface area (Å²) in [6, 6.07) is 27.7. The molecule has 0 aliphatic rings. The molecule has 1 nitrogen and oxygen atoms in total. The zero-order valence-electron chi connectivity index (χ0n) is 18.2. The molecule has 1 N–H and O–H groups in total. The third-order valence-electron chi connectivity index (χ3n) is 5.87. The molecule has 29 heavy (non-hydrogen) atoms. The van der Waals surface area contributed by atoms with Crippen LogP contribution in [0, 0.1) is 5.92 Å². The van der Waals surface area contributed by atoms with Crippen LogP contribution in [-0.4, -0.2) is 0 Å². The van der Waals surface area contributed by atoms with Gasteiger partial charge >= 0.3 is 0 Å². The second-order valence-corrected chi connectivity index (χ2v) is 8.73. The maximum Gasteiger partial charge on any atom is 0.0384 e. The van der Waals surface area contributed by atoms with Crippen LogP contribution < -0.4 is 5.32 Å². The van der Waals surface area contributed by atoms with E-state index < -0.39 is 0 Å². The Hall–Kier alpha value is -2.80. The quantitative estimate of drug-likeness (QED) is 0.413. The zero-order valence-corrected chi connectivity index (χ0v) is 18.2. The summed E-state index contributed by atoms with van der Waals surface area (Å²) in [5.74, 6) is 0.743. The summed E-state index contributed by atoms with van der Waals surface area (Å²) in [7, 11) is 0. The summed E-state index contributed by atoms with van der Waals surface area (Å²) in [5, 5.41) is 3.51. The van der Waals surface area contributed by atoms with Crippen molar-refractivity contribution in [3.63, 3.8) is 0 Å². The average Bonchev–Trinajstić information content (AvgIpc) is 2.74. The average molecular weight is 384 g/mol. The molecular formula is C28H33N. The Labute approximate surface area is 176 Å². The van der Waals surface area contributed by atoms with Crippen molar-refractivity contribution in [2.75, 3.05) is 5.32 Å². The van der Waals surface area contributed by atoms with Crippen LogP contribution >= 0.6 is 0 Å². The molecule has 0 bridgehead atoms. The number of nitrogens with one attached hydrogen (secondary N) is 1. The monoisotopic (exact) mass is 383 g/mol. The van der Waals surface area contributed by atoms with E-state index in [0.29, 0.717) is 0 Å². The van der Waals surface area contributed by atoms with E-state index >= 15 is 0 Å². The van der Waals surface area contributed by atoms with Crippen LogP contribution in [0.4, 0.5) is 11.4 Å². The summed E-state index contributed by atoms with van der Waals surface area (Å²) in [6.45, 7) is 13.6. The number of hydrogen-bond donors (Lipinski definition) is 1. The molecule has 0 heterocycles. The normalized spacial score (nSPS) is 12.4. The predicted molar refractivity (Wildman–Crippen MR) is 128 cm³/mol. The van der Waals surface area contributed by atoms with Crippen LogP contribution in [0.3, 0.4) is 0 Å². The van der Waals surface area contributed by atoms with Crippen LogP contribution in [0.25, 0.3) is 5.57 Å². The lowest BCUT2D eigenvalue weighted by Crippen LogP contribution is -2.20. The Bertz CT molecular complexity index is 918.